The Morgan fingerprint density at radius 2 is 1.93 bits per heavy atom. The summed E-state index contributed by atoms with van der Waals surface area (Å²) in [6.45, 7) is 1.79. The second kappa shape index (κ2) is 9.53. The van der Waals surface area contributed by atoms with E-state index in [4.69, 9.17) is 0 Å². The summed E-state index contributed by atoms with van der Waals surface area (Å²) in [5.41, 5.74) is 0. The van der Waals surface area contributed by atoms with Gasteiger partial charge in [-0.05, 0) is 0 Å². The largest absolute Gasteiger partial charge is 0.469 e. The zero-order valence-corrected chi connectivity index (χ0v) is 12.1. The molecule has 82 valence electrons. The van der Waals surface area contributed by atoms with E-state index < -0.39 is 17.2 Å². The van der Waals surface area contributed by atoms with Gasteiger partial charge in [0, 0.05) is 21.1 Å². The molecule has 0 aromatic rings. The van der Waals surface area contributed by atoms with Crippen LogP contribution in [0.5, 0.6) is 0 Å². The minimum Gasteiger partial charge on any atom is -0.469 e. The Kier molecular flexibility index (Phi) is 11.2. The van der Waals surface area contributed by atoms with Crippen molar-refractivity contribution >= 4 is 23.7 Å². The summed E-state index contributed by atoms with van der Waals surface area (Å²) < 4.78 is 8.97. The normalized spacial score (nSPS) is 11.1. The van der Waals surface area contributed by atoms with Gasteiger partial charge in [0.25, 0.3) is 0 Å². The van der Waals surface area contributed by atoms with Gasteiger partial charge in [-0.2, -0.15) is 6.92 Å². The van der Waals surface area contributed by atoms with Crippen molar-refractivity contribution in [2.45, 2.75) is 18.6 Å². The van der Waals surface area contributed by atoms with Gasteiger partial charge in [-0.3, -0.25) is 15.3 Å². The van der Waals surface area contributed by atoms with Gasteiger partial charge in [0.15, 0.2) is 0 Å². The predicted molar refractivity (Wildman–Crippen MR) is 50.0 cm³/mol. The summed E-state index contributed by atoms with van der Waals surface area (Å²) in [6, 6.07) is 0. The molecule has 0 aliphatic heterocycles. The van der Waals surface area contributed by atoms with E-state index in [0.29, 0.717) is 0 Å². The van der Waals surface area contributed by atoms with Gasteiger partial charge in [-0.1, -0.05) is 0 Å². The van der Waals surface area contributed by atoms with Crippen molar-refractivity contribution in [3.8, 4) is 0 Å². The van der Waals surface area contributed by atoms with Gasteiger partial charge in [-0.25, -0.2) is 0 Å². The molecule has 0 aliphatic rings. The molecule has 14 heavy (non-hydrogen) atoms. The maximum Gasteiger partial charge on any atom is 0.316 e. The molecule has 0 aliphatic carbocycles. The maximum atomic E-state index is 11.1. The molecule has 0 amide bonds. The first kappa shape index (κ1) is 16.4. The average Bonchev–Trinajstić information content (AvgIpc) is 2.15. The molecule has 0 N–H and O–H groups in total. The summed E-state index contributed by atoms with van der Waals surface area (Å²) in [7, 11) is 2.58. The molecule has 0 saturated carbocycles. The van der Waals surface area contributed by atoms with Crippen molar-refractivity contribution in [1.82, 2.24) is 0 Å². The molecule has 0 radical (unpaired) electrons. The fourth-order valence-electron chi connectivity index (χ4n) is 0.717. The van der Waals surface area contributed by atoms with E-state index in [1.807, 2.05) is 0 Å². The smallest absolute Gasteiger partial charge is 0.316 e. The summed E-state index contributed by atoms with van der Waals surface area (Å²) in [6.07, 6.45) is 0.0399. The summed E-state index contributed by atoms with van der Waals surface area (Å²) in [5.74, 6) is 0.920. The molecular weight excluding hydrogens is 376 g/mol. The molecule has 0 aromatic heterocycles. The number of rotatable bonds is 5. The van der Waals surface area contributed by atoms with Crippen molar-refractivity contribution in [3.05, 3.63) is 5.75 Å². The Morgan fingerprint density at radius 1 is 1.36 bits per heavy atom. The van der Waals surface area contributed by atoms with E-state index in [1.54, 1.807) is 12.7 Å². The van der Waals surface area contributed by atoms with Gasteiger partial charge in [0.2, 0.25) is 0 Å². The van der Waals surface area contributed by atoms with Crippen LogP contribution in [0.3, 0.4) is 0 Å². The van der Waals surface area contributed by atoms with Crippen LogP contribution in [0.1, 0.15) is 13.3 Å². The van der Waals surface area contributed by atoms with Crippen molar-refractivity contribution in [2.24, 2.45) is 0 Å². The fraction of sp³-hybridized carbons (Fsp3) is 0.625. The molecule has 1 atom stereocenters. The van der Waals surface area contributed by atoms with Crippen LogP contribution < -0.4 is 0 Å². The third kappa shape index (κ3) is 6.43. The van der Waals surface area contributed by atoms with Crippen LogP contribution in [0.2, 0.25) is 0 Å². The summed E-state index contributed by atoms with van der Waals surface area (Å²) in [4.78, 5) is 21.9. The Morgan fingerprint density at radius 3 is 2.29 bits per heavy atom. The Balaban J connectivity index is 0. The number of esters is 2. The van der Waals surface area contributed by atoms with E-state index in [2.05, 4.69) is 9.47 Å². The van der Waals surface area contributed by atoms with E-state index in [0.717, 1.165) is 0 Å². The molecule has 6 heteroatoms. The van der Waals surface area contributed by atoms with Gasteiger partial charge in [0.05, 0.1) is 25.9 Å². The van der Waals surface area contributed by atoms with Gasteiger partial charge in [0.1, 0.15) is 0 Å². The maximum absolute atomic E-state index is 11.1. The average molecular weight is 389 g/mol. The number of hydrogen-bond acceptors (Lipinski definition) is 5. The summed E-state index contributed by atoms with van der Waals surface area (Å²) in [5, 5.41) is -0.498. The first-order valence-corrected chi connectivity index (χ1v) is 4.68. The third-order valence-corrected chi connectivity index (χ3v) is 2.30. The molecule has 4 nitrogen and oxygen atoms in total. The summed E-state index contributed by atoms with van der Waals surface area (Å²) >= 11 is 1.25. The molecule has 0 heterocycles. The van der Waals surface area contributed by atoms with Crippen LogP contribution in [0, 0.1) is 5.75 Å². The number of ether oxygens (including phenoxy) is 2. The van der Waals surface area contributed by atoms with Crippen LogP contribution in [-0.4, -0.2) is 31.4 Å². The molecular formula is C8H13O4SW-. The van der Waals surface area contributed by atoms with Crippen LogP contribution in [0.15, 0.2) is 0 Å². The molecule has 0 rings (SSSR count). The van der Waals surface area contributed by atoms with Crippen LogP contribution in [-0.2, 0) is 40.1 Å². The fourth-order valence-corrected chi connectivity index (χ4v) is 1.49. The number of carbonyl (C=O) groups excluding carboxylic acids is 2. The minimum absolute atomic E-state index is 0. The zero-order chi connectivity index (χ0) is 10.3. The third-order valence-electron chi connectivity index (χ3n) is 1.34. The Hall–Kier alpha value is -0.0217. The predicted octanol–water partition coefficient (Wildman–Crippen LogP) is 1.00. The van der Waals surface area contributed by atoms with Crippen molar-refractivity contribution in [3.63, 3.8) is 0 Å². The van der Waals surface area contributed by atoms with Crippen LogP contribution in [0.4, 0.5) is 0 Å². The quantitative estimate of drug-likeness (QED) is 0.519. The van der Waals surface area contributed by atoms with E-state index in [-0.39, 0.29) is 27.5 Å². The van der Waals surface area contributed by atoms with Crippen LogP contribution in [0.25, 0.3) is 0 Å². The van der Waals surface area contributed by atoms with E-state index in [9.17, 15) is 9.59 Å². The number of carbonyl (C=O) groups is 2. The second-order valence-corrected chi connectivity index (χ2v) is 3.48. The van der Waals surface area contributed by atoms with Crippen LogP contribution >= 0.6 is 11.8 Å². The standard InChI is InChI=1S/C8H13O4S.W/c1-4-13-6(8(10)12-3)5-7(9)11-2;/h4,6H,5H2,1-3H3;/q-1;. The SMILES string of the molecule is C[CH-]SC(CC(=O)OC)C(=O)OC.[W]. The number of thioether (sulfide) groups is 1. The van der Waals surface area contributed by atoms with Gasteiger partial charge < -0.3 is 21.2 Å². The minimum atomic E-state index is -0.498. The Labute approximate surface area is 102 Å². The topological polar surface area (TPSA) is 52.6 Å². The first-order chi connectivity index (χ1) is 6.15. The molecule has 0 bridgehead atoms. The number of methoxy groups -OCH3 is 2. The van der Waals surface area contributed by atoms with E-state index >= 15 is 0 Å². The van der Waals surface area contributed by atoms with Crippen molar-refractivity contribution in [1.29, 1.82) is 0 Å². The monoisotopic (exact) mass is 389 g/mol. The number of hydrogen-bond donors (Lipinski definition) is 0. The van der Waals surface area contributed by atoms with Gasteiger partial charge >= 0.3 is 11.9 Å². The molecule has 0 fully saturated rings. The van der Waals surface area contributed by atoms with Crippen molar-refractivity contribution < 1.29 is 40.1 Å². The van der Waals surface area contributed by atoms with E-state index in [1.165, 1.54) is 26.0 Å². The van der Waals surface area contributed by atoms with Crippen molar-refractivity contribution in [2.75, 3.05) is 14.2 Å². The molecule has 0 spiro atoms. The first-order valence-electron chi connectivity index (χ1n) is 3.73. The van der Waals surface area contributed by atoms with Gasteiger partial charge in [-0.15, -0.1) is 0 Å². The molecule has 0 aromatic carbocycles. The second-order valence-electron chi connectivity index (χ2n) is 2.16. The molecule has 1 unspecified atom stereocenters. The Bertz CT molecular complexity index is 186. The molecule has 0 saturated heterocycles. The zero-order valence-electron chi connectivity index (χ0n) is 8.31.